The highest BCUT2D eigenvalue weighted by atomic mass is 32.1. The molecule has 0 aromatic carbocycles. The van der Waals surface area contributed by atoms with Gasteiger partial charge in [0.15, 0.2) is 5.13 Å². The van der Waals surface area contributed by atoms with Crippen molar-refractivity contribution < 1.29 is 0 Å². The van der Waals surface area contributed by atoms with Crippen LogP contribution in [0.25, 0.3) is 0 Å². The molecule has 0 spiro atoms. The predicted octanol–water partition coefficient (Wildman–Crippen LogP) is 3.24. The van der Waals surface area contributed by atoms with Crippen molar-refractivity contribution >= 4 is 16.5 Å². The zero-order valence-corrected chi connectivity index (χ0v) is 13.2. The summed E-state index contributed by atoms with van der Waals surface area (Å²) < 4.78 is 0. The number of nitrogens with zero attached hydrogens (tertiary/aromatic N) is 3. The first-order valence-corrected chi connectivity index (χ1v) is 7.82. The lowest BCUT2D eigenvalue weighted by molar-refractivity contribution is 0.577. The molecule has 0 bridgehead atoms. The van der Waals surface area contributed by atoms with Crippen LogP contribution in [0.5, 0.6) is 0 Å². The molecule has 2 heterocycles. The second-order valence-electron chi connectivity index (χ2n) is 4.90. The topological polar surface area (TPSA) is 41.1 Å². The van der Waals surface area contributed by atoms with Crippen LogP contribution in [0.2, 0.25) is 0 Å². The molecular weight excluding hydrogens is 268 g/mol. The Morgan fingerprint density at radius 1 is 1.35 bits per heavy atom. The molecule has 0 aliphatic heterocycles. The molecule has 1 N–H and O–H groups in total. The van der Waals surface area contributed by atoms with Crippen molar-refractivity contribution in [2.45, 2.75) is 32.9 Å². The lowest BCUT2D eigenvalue weighted by Gasteiger charge is -2.15. The summed E-state index contributed by atoms with van der Waals surface area (Å²) in [5, 5.41) is 4.53. The fraction of sp³-hybridized carbons (Fsp3) is 0.467. The molecule has 1 atom stereocenters. The van der Waals surface area contributed by atoms with E-state index in [0.29, 0.717) is 6.04 Å². The van der Waals surface area contributed by atoms with Gasteiger partial charge in [0.25, 0.3) is 0 Å². The first-order valence-electron chi connectivity index (χ1n) is 7.01. The van der Waals surface area contributed by atoms with E-state index in [2.05, 4.69) is 41.1 Å². The van der Waals surface area contributed by atoms with Crippen LogP contribution in [0.1, 0.15) is 36.9 Å². The Morgan fingerprint density at radius 2 is 2.20 bits per heavy atom. The van der Waals surface area contributed by atoms with E-state index in [4.69, 9.17) is 0 Å². The Balaban J connectivity index is 1.97. The molecule has 0 fully saturated rings. The van der Waals surface area contributed by atoms with Crippen LogP contribution in [0.15, 0.2) is 30.6 Å². The number of pyridine rings is 1. The van der Waals surface area contributed by atoms with Crippen LogP contribution in [0.3, 0.4) is 0 Å². The van der Waals surface area contributed by atoms with Crippen LogP contribution < -0.4 is 10.2 Å². The smallest absolute Gasteiger partial charge is 0.185 e. The lowest BCUT2D eigenvalue weighted by atomic mass is 10.3. The second kappa shape index (κ2) is 7.36. The van der Waals surface area contributed by atoms with Crippen molar-refractivity contribution in [1.82, 2.24) is 15.3 Å². The molecule has 1 unspecified atom stereocenters. The molecule has 2 aromatic rings. The summed E-state index contributed by atoms with van der Waals surface area (Å²) in [6, 6.07) is 6.35. The minimum atomic E-state index is 0.365. The summed E-state index contributed by atoms with van der Waals surface area (Å²) in [4.78, 5) is 12.3. The van der Waals surface area contributed by atoms with Gasteiger partial charge in [-0.1, -0.05) is 13.0 Å². The number of aromatic nitrogens is 2. The lowest BCUT2D eigenvalue weighted by Crippen LogP contribution is -2.18. The van der Waals surface area contributed by atoms with E-state index in [1.165, 1.54) is 4.88 Å². The minimum absolute atomic E-state index is 0.365. The summed E-state index contributed by atoms with van der Waals surface area (Å²) in [5.74, 6) is 0. The Bertz CT molecular complexity index is 512. The molecule has 0 saturated carbocycles. The Kier molecular flexibility index (Phi) is 5.49. The van der Waals surface area contributed by atoms with Gasteiger partial charge in [-0.15, -0.1) is 11.3 Å². The van der Waals surface area contributed by atoms with Crippen LogP contribution in [-0.2, 0) is 6.54 Å². The van der Waals surface area contributed by atoms with Crippen LogP contribution in [0, 0.1) is 0 Å². The van der Waals surface area contributed by atoms with E-state index in [0.717, 1.165) is 30.3 Å². The molecule has 0 radical (unpaired) electrons. The minimum Gasteiger partial charge on any atom is -0.345 e. The van der Waals surface area contributed by atoms with E-state index in [9.17, 15) is 0 Å². The standard InChI is InChI=1S/C15H22N4S/c1-4-8-16-12(2)14-10-18-15(20-14)19(3)11-13-7-5-6-9-17-13/h5-7,9-10,12,16H,4,8,11H2,1-3H3. The largest absolute Gasteiger partial charge is 0.345 e. The molecule has 2 aromatic heterocycles. The summed E-state index contributed by atoms with van der Waals surface area (Å²) in [5.41, 5.74) is 1.06. The van der Waals surface area contributed by atoms with Crippen molar-refractivity contribution in [2.24, 2.45) is 0 Å². The maximum absolute atomic E-state index is 4.52. The van der Waals surface area contributed by atoms with Gasteiger partial charge in [0.1, 0.15) is 0 Å². The van der Waals surface area contributed by atoms with Gasteiger partial charge < -0.3 is 10.2 Å². The van der Waals surface area contributed by atoms with Gasteiger partial charge in [0, 0.05) is 30.4 Å². The average Bonchev–Trinajstić information content (AvgIpc) is 2.96. The Morgan fingerprint density at radius 3 is 2.90 bits per heavy atom. The summed E-state index contributed by atoms with van der Waals surface area (Å²) in [7, 11) is 2.06. The zero-order valence-electron chi connectivity index (χ0n) is 12.3. The van der Waals surface area contributed by atoms with Crippen LogP contribution >= 0.6 is 11.3 Å². The van der Waals surface area contributed by atoms with Gasteiger partial charge in [-0.2, -0.15) is 0 Å². The highest BCUT2D eigenvalue weighted by molar-refractivity contribution is 7.15. The first kappa shape index (κ1) is 14.9. The Hall–Kier alpha value is -1.46. The van der Waals surface area contributed by atoms with Crippen LogP contribution in [0.4, 0.5) is 5.13 Å². The monoisotopic (exact) mass is 290 g/mol. The molecule has 4 nitrogen and oxygen atoms in total. The quantitative estimate of drug-likeness (QED) is 0.850. The molecule has 20 heavy (non-hydrogen) atoms. The normalized spacial score (nSPS) is 12.3. The third-order valence-electron chi connectivity index (χ3n) is 3.09. The SMILES string of the molecule is CCCNC(C)c1cnc(N(C)Cc2ccccn2)s1. The predicted molar refractivity (Wildman–Crippen MR) is 85.2 cm³/mol. The molecule has 5 heteroatoms. The first-order chi connectivity index (χ1) is 9.70. The fourth-order valence-corrected chi connectivity index (χ4v) is 2.82. The van der Waals surface area contributed by atoms with Crippen molar-refractivity contribution in [3.63, 3.8) is 0 Å². The highest BCUT2D eigenvalue weighted by Gasteiger charge is 2.12. The van der Waals surface area contributed by atoms with E-state index in [1.807, 2.05) is 30.6 Å². The fourth-order valence-electron chi connectivity index (χ4n) is 1.92. The highest BCUT2D eigenvalue weighted by Crippen LogP contribution is 2.27. The van der Waals surface area contributed by atoms with Gasteiger partial charge in [-0.05, 0) is 32.0 Å². The van der Waals surface area contributed by atoms with E-state index >= 15 is 0 Å². The second-order valence-corrected chi connectivity index (χ2v) is 5.94. The van der Waals surface area contributed by atoms with Crippen molar-refractivity contribution in [3.05, 3.63) is 41.2 Å². The van der Waals surface area contributed by atoms with E-state index in [-0.39, 0.29) is 0 Å². The molecule has 0 aliphatic carbocycles. The third-order valence-corrected chi connectivity index (χ3v) is 4.38. The number of rotatable bonds is 7. The number of thiazole rings is 1. The number of anilines is 1. The molecular formula is C15H22N4S. The molecule has 2 rings (SSSR count). The zero-order chi connectivity index (χ0) is 14.4. The third kappa shape index (κ3) is 4.02. The van der Waals surface area contributed by atoms with E-state index in [1.54, 1.807) is 11.3 Å². The molecule has 0 saturated heterocycles. The Labute approximate surface area is 124 Å². The molecule has 108 valence electrons. The number of nitrogens with one attached hydrogen (secondary N) is 1. The maximum atomic E-state index is 4.52. The van der Waals surface area contributed by atoms with Crippen molar-refractivity contribution in [1.29, 1.82) is 0 Å². The van der Waals surface area contributed by atoms with E-state index < -0.39 is 0 Å². The van der Waals surface area contributed by atoms with Crippen molar-refractivity contribution in [3.8, 4) is 0 Å². The molecule has 0 aliphatic rings. The van der Waals surface area contributed by atoms with Gasteiger partial charge in [-0.25, -0.2) is 4.98 Å². The van der Waals surface area contributed by atoms with Crippen LogP contribution in [-0.4, -0.2) is 23.6 Å². The van der Waals surface area contributed by atoms with Gasteiger partial charge in [-0.3, -0.25) is 4.98 Å². The number of hydrogen-bond donors (Lipinski definition) is 1. The number of hydrogen-bond acceptors (Lipinski definition) is 5. The molecule has 0 amide bonds. The summed E-state index contributed by atoms with van der Waals surface area (Å²) in [6.07, 6.45) is 4.95. The summed E-state index contributed by atoms with van der Waals surface area (Å²) >= 11 is 1.74. The summed E-state index contributed by atoms with van der Waals surface area (Å²) in [6.45, 7) is 6.19. The van der Waals surface area contributed by atoms with Gasteiger partial charge in [0.05, 0.1) is 12.2 Å². The average molecular weight is 290 g/mol. The van der Waals surface area contributed by atoms with Gasteiger partial charge in [0.2, 0.25) is 0 Å². The van der Waals surface area contributed by atoms with Crippen molar-refractivity contribution in [2.75, 3.05) is 18.5 Å². The maximum Gasteiger partial charge on any atom is 0.185 e. The van der Waals surface area contributed by atoms with Gasteiger partial charge >= 0.3 is 0 Å².